The lowest BCUT2D eigenvalue weighted by molar-refractivity contribution is 0.0478. The van der Waals surface area contributed by atoms with Gasteiger partial charge in [-0.25, -0.2) is 9.18 Å². The van der Waals surface area contributed by atoms with Crippen molar-refractivity contribution >= 4 is 22.3 Å². The second-order valence-corrected chi connectivity index (χ2v) is 5.50. The summed E-state index contributed by atoms with van der Waals surface area (Å²) < 4.78 is 18.0. The van der Waals surface area contributed by atoms with E-state index in [1.165, 1.54) is 23.5 Å². The maximum absolute atomic E-state index is 12.8. The molecule has 0 fully saturated rings. The predicted octanol–water partition coefficient (Wildman–Crippen LogP) is 2.72. The highest BCUT2D eigenvalue weighted by Gasteiger charge is 2.17. The first kappa shape index (κ1) is 13.1. The molecule has 0 atom stereocenters. The van der Waals surface area contributed by atoms with E-state index >= 15 is 0 Å². The number of hydrogen-bond acceptors (Lipinski definition) is 5. The van der Waals surface area contributed by atoms with Gasteiger partial charge in [0, 0.05) is 12.1 Å². The number of hydrogen-bond donors (Lipinski definition) is 2. The summed E-state index contributed by atoms with van der Waals surface area (Å²) in [6.07, 6.45) is 0. The number of carbonyl (C=O) groups is 1. The number of halogens is 1. The molecule has 0 radical (unpaired) electrons. The van der Waals surface area contributed by atoms with Gasteiger partial charge in [0.2, 0.25) is 0 Å². The van der Waals surface area contributed by atoms with E-state index < -0.39 is 0 Å². The Balaban J connectivity index is 1.64. The maximum atomic E-state index is 12.8. The minimum absolute atomic E-state index is 0.146. The number of carbonyl (C=O) groups excluding carboxylic acids is 1. The molecule has 2 N–H and O–H groups in total. The normalized spacial score (nSPS) is 13.4. The average molecular weight is 292 g/mol. The number of esters is 1. The molecule has 0 amide bonds. The van der Waals surface area contributed by atoms with Gasteiger partial charge in [-0.3, -0.25) is 5.32 Å². The smallest absolute Gasteiger partial charge is 0.348 e. The molecule has 0 spiro atoms. The Bertz CT molecular complexity index is 601. The molecule has 1 aliphatic rings. The Kier molecular flexibility index (Phi) is 3.66. The quantitative estimate of drug-likeness (QED) is 0.854. The van der Waals surface area contributed by atoms with Crippen molar-refractivity contribution in [3.8, 4) is 0 Å². The van der Waals surface area contributed by atoms with E-state index in [1.54, 1.807) is 12.1 Å². The molecule has 1 aromatic heterocycles. The Morgan fingerprint density at radius 2 is 2.15 bits per heavy atom. The summed E-state index contributed by atoms with van der Waals surface area (Å²) in [7, 11) is 0. The Labute approximate surface area is 119 Å². The molecule has 0 bridgehead atoms. The highest BCUT2D eigenvalue weighted by molar-refractivity contribution is 7.18. The lowest BCUT2D eigenvalue weighted by atomic mass is 10.2. The van der Waals surface area contributed by atoms with Gasteiger partial charge in [0.15, 0.2) is 0 Å². The summed E-state index contributed by atoms with van der Waals surface area (Å²) in [4.78, 5) is 12.5. The maximum Gasteiger partial charge on any atom is 0.348 e. The molecule has 4 nitrogen and oxygen atoms in total. The topological polar surface area (TPSA) is 50.4 Å². The van der Waals surface area contributed by atoms with Crippen LogP contribution in [0.25, 0.3) is 0 Å². The van der Waals surface area contributed by atoms with Crippen LogP contribution in [0.1, 0.15) is 20.8 Å². The van der Waals surface area contributed by atoms with Crippen LogP contribution in [0.2, 0.25) is 0 Å². The third-order valence-electron chi connectivity index (χ3n) is 2.98. The van der Waals surface area contributed by atoms with Crippen molar-refractivity contribution in [3.63, 3.8) is 0 Å². The van der Waals surface area contributed by atoms with E-state index in [4.69, 9.17) is 4.74 Å². The zero-order chi connectivity index (χ0) is 13.9. The number of benzene rings is 1. The Morgan fingerprint density at radius 1 is 1.35 bits per heavy atom. The van der Waals surface area contributed by atoms with E-state index in [-0.39, 0.29) is 18.4 Å². The van der Waals surface area contributed by atoms with Crippen LogP contribution in [-0.4, -0.2) is 12.6 Å². The van der Waals surface area contributed by atoms with Gasteiger partial charge in [0.05, 0.1) is 11.7 Å². The molecule has 104 valence electrons. The minimum Gasteiger partial charge on any atom is -0.457 e. The first-order valence-corrected chi connectivity index (χ1v) is 7.03. The van der Waals surface area contributed by atoms with Gasteiger partial charge in [-0.15, -0.1) is 11.3 Å². The summed E-state index contributed by atoms with van der Waals surface area (Å²) in [5, 5.41) is 7.35. The third-order valence-corrected chi connectivity index (χ3v) is 4.10. The lowest BCUT2D eigenvalue weighted by Crippen LogP contribution is -2.26. The van der Waals surface area contributed by atoms with Gasteiger partial charge in [0.25, 0.3) is 0 Å². The molecule has 2 aromatic rings. The van der Waals surface area contributed by atoms with Crippen LogP contribution in [0.15, 0.2) is 30.3 Å². The summed E-state index contributed by atoms with van der Waals surface area (Å²) in [5.74, 6) is -0.653. The molecule has 0 aliphatic carbocycles. The van der Waals surface area contributed by atoms with Crippen LogP contribution < -0.4 is 10.6 Å². The zero-order valence-electron chi connectivity index (χ0n) is 10.6. The third kappa shape index (κ3) is 2.81. The molecule has 0 saturated heterocycles. The van der Waals surface area contributed by atoms with E-state index in [2.05, 4.69) is 10.6 Å². The van der Waals surface area contributed by atoms with Gasteiger partial charge < -0.3 is 10.1 Å². The van der Waals surface area contributed by atoms with Crippen LogP contribution in [0.3, 0.4) is 0 Å². The number of nitrogens with one attached hydrogen (secondary N) is 2. The molecule has 1 aliphatic heterocycles. The molecule has 3 rings (SSSR count). The summed E-state index contributed by atoms with van der Waals surface area (Å²) in [6, 6.07) is 7.75. The van der Waals surface area contributed by atoms with Crippen molar-refractivity contribution in [3.05, 3.63) is 52.2 Å². The highest BCUT2D eigenvalue weighted by Crippen LogP contribution is 2.30. The van der Waals surface area contributed by atoms with Crippen LogP contribution in [0.5, 0.6) is 0 Å². The van der Waals surface area contributed by atoms with E-state index in [1.807, 2.05) is 6.07 Å². The number of fused-ring (bicyclic) bond motifs is 1. The van der Waals surface area contributed by atoms with Crippen molar-refractivity contribution in [1.82, 2.24) is 5.32 Å². The van der Waals surface area contributed by atoms with Crippen molar-refractivity contribution in [2.24, 2.45) is 0 Å². The first-order valence-electron chi connectivity index (χ1n) is 6.21. The fourth-order valence-corrected chi connectivity index (χ4v) is 2.92. The molecule has 0 saturated carbocycles. The molecule has 20 heavy (non-hydrogen) atoms. The molecular weight excluding hydrogens is 279 g/mol. The average Bonchev–Trinajstić information content (AvgIpc) is 2.90. The minimum atomic E-state index is -0.351. The lowest BCUT2D eigenvalue weighted by Gasteiger charge is -2.13. The summed E-state index contributed by atoms with van der Waals surface area (Å²) >= 11 is 1.40. The SMILES string of the molecule is O=C(OCc1ccc(F)cc1)c1cc2c(s1)NCNC2. The van der Waals surface area contributed by atoms with Crippen molar-refractivity contribution in [2.75, 3.05) is 12.0 Å². The first-order chi connectivity index (χ1) is 9.72. The number of ether oxygens (including phenoxy) is 1. The molecule has 6 heteroatoms. The van der Waals surface area contributed by atoms with E-state index in [9.17, 15) is 9.18 Å². The van der Waals surface area contributed by atoms with Crippen LogP contribution in [0.4, 0.5) is 9.39 Å². The van der Waals surface area contributed by atoms with E-state index in [0.29, 0.717) is 11.5 Å². The fraction of sp³-hybridized carbons (Fsp3) is 0.214. The fourth-order valence-electron chi connectivity index (χ4n) is 1.95. The summed E-state index contributed by atoms with van der Waals surface area (Å²) in [5.41, 5.74) is 1.84. The largest absolute Gasteiger partial charge is 0.457 e. The van der Waals surface area contributed by atoms with Gasteiger partial charge in [0.1, 0.15) is 17.3 Å². The molecular formula is C14H13FN2O2S. The number of thiophene rings is 1. The molecule has 0 unspecified atom stereocenters. The Morgan fingerprint density at radius 3 is 2.90 bits per heavy atom. The zero-order valence-corrected chi connectivity index (χ0v) is 11.4. The van der Waals surface area contributed by atoms with Gasteiger partial charge in [-0.2, -0.15) is 0 Å². The number of rotatable bonds is 3. The van der Waals surface area contributed by atoms with Gasteiger partial charge >= 0.3 is 5.97 Å². The second kappa shape index (κ2) is 5.60. The summed E-state index contributed by atoms with van der Waals surface area (Å²) in [6.45, 7) is 1.61. The van der Waals surface area contributed by atoms with Crippen molar-refractivity contribution in [2.45, 2.75) is 13.2 Å². The van der Waals surface area contributed by atoms with Crippen LogP contribution >= 0.6 is 11.3 Å². The molecule has 2 heterocycles. The molecule has 1 aromatic carbocycles. The second-order valence-electron chi connectivity index (χ2n) is 4.45. The van der Waals surface area contributed by atoms with Gasteiger partial charge in [-0.1, -0.05) is 12.1 Å². The monoisotopic (exact) mass is 292 g/mol. The Hall–Kier alpha value is -1.92. The highest BCUT2D eigenvalue weighted by atomic mass is 32.1. The van der Waals surface area contributed by atoms with Crippen LogP contribution in [0, 0.1) is 5.82 Å². The number of anilines is 1. The predicted molar refractivity (Wildman–Crippen MR) is 75.2 cm³/mol. The van der Waals surface area contributed by atoms with E-state index in [0.717, 1.165) is 22.7 Å². The van der Waals surface area contributed by atoms with Crippen molar-refractivity contribution < 1.29 is 13.9 Å². The van der Waals surface area contributed by atoms with Gasteiger partial charge in [-0.05, 0) is 23.8 Å². The van der Waals surface area contributed by atoms with Crippen LogP contribution in [-0.2, 0) is 17.9 Å². The standard InChI is InChI=1S/C14H13FN2O2S/c15-11-3-1-9(2-4-11)7-19-14(18)12-5-10-6-16-8-17-13(10)20-12/h1-5,16-17H,6-8H2. The van der Waals surface area contributed by atoms with Crippen molar-refractivity contribution in [1.29, 1.82) is 0 Å².